The lowest BCUT2D eigenvalue weighted by Gasteiger charge is -2.14. The summed E-state index contributed by atoms with van der Waals surface area (Å²) in [7, 11) is 0. The van der Waals surface area contributed by atoms with Crippen molar-refractivity contribution in [2.45, 2.75) is 13.0 Å². The molecule has 4 nitrogen and oxygen atoms in total. The van der Waals surface area contributed by atoms with Gasteiger partial charge in [-0.05, 0) is 24.6 Å². The van der Waals surface area contributed by atoms with E-state index in [0.717, 1.165) is 15.6 Å². The zero-order valence-corrected chi connectivity index (χ0v) is 16.8. The van der Waals surface area contributed by atoms with Crippen LogP contribution in [0.4, 0.5) is 0 Å². The zero-order chi connectivity index (χ0) is 19.0. The van der Waals surface area contributed by atoms with E-state index in [-0.39, 0.29) is 11.3 Å². The molecule has 4 rings (SSSR count). The first-order valence-electron chi connectivity index (χ1n) is 8.40. The fourth-order valence-corrected chi connectivity index (χ4v) is 4.20. The molecule has 0 amide bonds. The molecule has 0 N–H and O–H groups in total. The van der Waals surface area contributed by atoms with Crippen LogP contribution < -0.4 is 5.56 Å². The molecule has 0 unspecified atom stereocenters. The van der Waals surface area contributed by atoms with Gasteiger partial charge in [-0.3, -0.25) is 14.2 Å². The highest BCUT2D eigenvalue weighted by atomic mass is 79.9. The minimum absolute atomic E-state index is 0.112. The Labute approximate surface area is 168 Å². The third-order valence-corrected chi connectivity index (χ3v) is 5.94. The Balaban J connectivity index is 1.82. The molecule has 27 heavy (non-hydrogen) atoms. The summed E-state index contributed by atoms with van der Waals surface area (Å²) in [6.45, 7) is 1.73. The molecule has 0 radical (unpaired) electrons. The van der Waals surface area contributed by atoms with Gasteiger partial charge in [0, 0.05) is 21.0 Å². The van der Waals surface area contributed by atoms with Crippen LogP contribution in [0.15, 0.2) is 75.6 Å². The van der Waals surface area contributed by atoms with Crippen molar-refractivity contribution in [2.75, 3.05) is 0 Å². The van der Waals surface area contributed by atoms with Gasteiger partial charge in [0.05, 0.1) is 17.8 Å². The Morgan fingerprint density at radius 3 is 2.52 bits per heavy atom. The molecule has 0 fully saturated rings. The highest BCUT2D eigenvalue weighted by Crippen LogP contribution is 2.31. The van der Waals surface area contributed by atoms with Crippen LogP contribution in [0.3, 0.4) is 0 Å². The summed E-state index contributed by atoms with van der Waals surface area (Å²) in [6, 6.07) is 16.2. The van der Waals surface area contributed by atoms with E-state index in [2.05, 4.69) is 20.9 Å². The second kappa shape index (κ2) is 7.21. The first kappa shape index (κ1) is 17.8. The minimum atomic E-state index is -0.630. The first-order valence-corrected chi connectivity index (χ1v) is 10.1. The molecule has 134 valence electrons. The van der Waals surface area contributed by atoms with Gasteiger partial charge in [-0.2, -0.15) is 0 Å². The van der Waals surface area contributed by atoms with Crippen LogP contribution in [0.2, 0.25) is 0 Å². The van der Waals surface area contributed by atoms with Gasteiger partial charge >= 0.3 is 0 Å². The number of halogens is 1. The van der Waals surface area contributed by atoms with E-state index in [1.807, 2.05) is 47.8 Å². The average Bonchev–Trinajstić information content (AvgIpc) is 3.13. The zero-order valence-electron chi connectivity index (χ0n) is 14.4. The maximum atomic E-state index is 13.2. The second-order valence-corrected chi connectivity index (χ2v) is 7.97. The summed E-state index contributed by atoms with van der Waals surface area (Å²) >= 11 is 4.86. The third kappa shape index (κ3) is 3.26. The van der Waals surface area contributed by atoms with Gasteiger partial charge in [-0.25, -0.2) is 4.98 Å². The molecular weight excluding hydrogens is 424 g/mol. The topological polar surface area (TPSA) is 52.0 Å². The number of carbonyl (C=O) groups excluding carboxylic acids is 1. The average molecular weight is 439 g/mol. The highest BCUT2D eigenvalue weighted by Gasteiger charge is 2.21. The molecule has 0 spiro atoms. The van der Waals surface area contributed by atoms with E-state index in [1.165, 1.54) is 22.2 Å². The van der Waals surface area contributed by atoms with Crippen LogP contribution in [0, 0.1) is 0 Å². The number of fused-ring (bicyclic) bond motifs is 1. The monoisotopic (exact) mass is 438 g/mol. The van der Waals surface area contributed by atoms with Crippen molar-refractivity contribution in [3.8, 4) is 11.1 Å². The second-order valence-electron chi connectivity index (χ2n) is 6.20. The predicted octanol–water partition coefficient (Wildman–Crippen LogP) is 5.33. The number of ketones is 1. The Morgan fingerprint density at radius 1 is 1.11 bits per heavy atom. The fourth-order valence-electron chi connectivity index (χ4n) is 3.03. The predicted molar refractivity (Wildman–Crippen MR) is 112 cm³/mol. The maximum absolute atomic E-state index is 13.2. The number of nitrogens with zero attached hydrogens (tertiary/aromatic N) is 2. The normalized spacial score (nSPS) is 12.2. The lowest BCUT2D eigenvalue weighted by molar-refractivity contribution is 0.0932. The summed E-state index contributed by atoms with van der Waals surface area (Å²) in [5.41, 5.74) is 2.17. The number of carbonyl (C=O) groups is 1. The van der Waals surface area contributed by atoms with E-state index in [9.17, 15) is 9.59 Å². The van der Waals surface area contributed by atoms with Crippen LogP contribution in [0.5, 0.6) is 0 Å². The number of benzene rings is 2. The number of hydrogen-bond donors (Lipinski definition) is 0. The van der Waals surface area contributed by atoms with Crippen LogP contribution in [0.1, 0.15) is 23.3 Å². The molecule has 4 aromatic rings. The van der Waals surface area contributed by atoms with Crippen molar-refractivity contribution >= 4 is 43.3 Å². The lowest BCUT2D eigenvalue weighted by Crippen LogP contribution is -2.28. The fraction of sp³-hybridized carbons (Fsp3) is 0.0952. The molecule has 0 saturated heterocycles. The molecule has 2 heterocycles. The van der Waals surface area contributed by atoms with Gasteiger partial charge in [0.1, 0.15) is 4.83 Å². The summed E-state index contributed by atoms with van der Waals surface area (Å²) in [4.78, 5) is 31.1. The first-order chi connectivity index (χ1) is 13.1. The Kier molecular flexibility index (Phi) is 4.76. The Hall–Kier alpha value is -2.57. The summed E-state index contributed by atoms with van der Waals surface area (Å²) in [6.07, 6.45) is 1.47. The van der Waals surface area contributed by atoms with Crippen LogP contribution in [-0.2, 0) is 0 Å². The molecule has 6 heteroatoms. The quantitative estimate of drug-likeness (QED) is 0.404. The standard InChI is InChI=1S/C21H15BrN2O2S/c1-13(19(25)15-5-3-2-4-6-15)24-12-23-20-18(21(24)26)17(11-27-20)14-7-9-16(22)10-8-14/h2-13H,1H3/t13-/m0/s1. The molecule has 0 aliphatic heterocycles. The van der Waals surface area contributed by atoms with E-state index >= 15 is 0 Å². The van der Waals surface area contributed by atoms with Gasteiger partial charge in [-0.1, -0.05) is 58.4 Å². The largest absolute Gasteiger partial charge is 0.292 e. The van der Waals surface area contributed by atoms with E-state index < -0.39 is 6.04 Å². The molecule has 2 aromatic heterocycles. The smallest absolute Gasteiger partial charge is 0.263 e. The molecule has 2 aromatic carbocycles. The molecule has 1 atom stereocenters. The molecule has 0 aliphatic carbocycles. The van der Waals surface area contributed by atoms with Crippen molar-refractivity contribution in [1.29, 1.82) is 0 Å². The van der Waals surface area contributed by atoms with E-state index in [4.69, 9.17) is 0 Å². The van der Waals surface area contributed by atoms with Crippen LogP contribution >= 0.6 is 27.3 Å². The van der Waals surface area contributed by atoms with E-state index in [0.29, 0.717) is 15.8 Å². The Bertz CT molecular complexity index is 1180. The van der Waals surface area contributed by atoms with Gasteiger partial charge in [0.15, 0.2) is 5.78 Å². The summed E-state index contributed by atoms with van der Waals surface area (Å²) in [5, 5.41) is 2.49. The maximum Gasteiger partial charge on any atom is 0.263 e. The number of hydrogen-bond acceptors (Lipinski definition) is 4. The molecule has 0 saturated carbocycles. The number of rotatable bonds is 4. The van der Waals surface area contributed by atoms with Crippen LogP contribution in [-0.4, -0.2) is 15.3 Å². The number of aromatic nitrogens is 2. The lowest BCUT2D eigenvalue weighted by atomic mass is 10.0. The van der Waals surface area contributed by atoms with Gasteiger partial charge in [0.25, 0.3) is 5.56 Å². The summed E-state index contributed by atoms with van der Waals surface area (Å²) in [5.74, 6) is -0.112. The number of Topliss-reactive ketones (excluding diaryl/α,β-unsaturated/α-hetero) is 1. The SMILES string of the molecule is C[C@@H](C(=O)c1ccccc1)n1cnc2scc(-c3ccc(Br)cc3)c2c1=O. The highest BCUT2D eigenvalue weighted by molar-refractivity contribution is 9.10. The van der Waals surface area contributed by atoms with Gasteiger partial charge < -0.3 is 0 Å². The third-order valence-electron chi connectivity index (χ3n) is 4.53. The van der Waals surface area contributed by atoms with Crippen molar-refractivity contribution in [3.63, 3.8) is 0 Å². The summed E-state index contributed by atoms with van der Waals surface area (Å²) < 4.78 is 2.40. The van der Waals surface area contributed by atoms with Crippen molar-refractivity contribution in [2.24, 2.45) is 0 Å². The molecular formula is C21H15BrN2O2S. The van der Waals surface area contributed by atoms with Crippen molar-refractivity contribution < 1.29 is 4.79 Å². The minimum Gasteiger partial charge on any atom is -0.292 e. The van der Waals surface area contributed by atoms with Crippen molar-refractivity contribution in [3.05, 3.63) is 86.7 Å². The van der Waals surface area contributed by atoms with E-state index in [1.54, 1.807) is 19.1 Å². The van der Waals surface area contributed by atoms with Gasteiger partial charge in [-0.15, -0.1) is 11.3 Å². The molecule has 0 aliphatic rings. The number of thiophene rings is 1. The Morgan fingerprint density at radius 2 is 1.81 bits per heavy atom. The van der Waals surface area contributed by atoms with Crippen LogP contribution in [0.25, 0.3) is 21.3 Å². The molecule has 0 bridgehead atoms. The van der Waals surface area contributed by atoms with Crippen molar-refractivity contribution in [1.82, 2.24) is 9.55 Å². The van der Waals surface area contributed by atoms with Gasteiger partial charge in [0.2, 0.25) is 0 Å².